The Bertz CT molecular complexity index is 1600. The number of carboxylic acids is 1. The minimum absolute atomic E-state index is 0.000973. The zero-order valence-electron chi connectivity index (χ0n) is 21.6. The molecule has 0 radical (unpaired) electrons. The number of halogens is 4. The van der Waals surface area contributed by atoms with E-state index in [1.54, 1.807) is 0 Å². The van der Waals surface area contributed by atoms with Crippen molar-refractivity contribution in [1.82, 2.24) is 0 Å². The molecule has 7 nitrogen and oxygen atoms in total. The van der Waals surface area contributed by atoms with Crippen LogP contribution in [0.4, 0.5) is 23.2 Å². The first-order valence-corrected chi connectivity index (χ1v) is 13.5. The lowest BCUT2D eigenvalue weighted by Crippen LogP contribution is -2.46. The number of rotatable bonds is 7. The third-order valence-corrected chi connectivity index (χ3v) is 8.42. The molecule has 212 valence electrons. The van der Waals surface area contributed by atoms with Gasteiger partial charge >= 0.3 is 12.1 Å². The Kier molecular flexibility index (Phi) is 7.44. The third kappa shape index (κ3) is 5.67. The number of nitrogens with zero attached hydrogens (tertiary/aromatic N) is 1. The van der Waals surface area contributed by atoms with Gasteiger partial charge in [-0.2, -0.15) is 13.2 Å². The summed E-state index contributed by atoms with van der Waals surface area (Å²) in [5.74, 6) is -2.14. The van der Waals surface area contributed by atoms with Crippen LogP contribution in [0.2, 0.25) is 0 Å². The maximum Gasteiger partial charge on any atom is 0.416 e. The molecule has 1 aliphatic heterocycles. The van der Waals surface area contributed by atoms with Crippen molar-refractivity contribution >= 4 is 27.5 Å². The summed E-state index contributed by atoms with van der Waals surface area (Å²) in [6, 6.07) is 11.1. The summed E-state index contributed by atoms with van der Waals surface area (Å²) >= 11 is 0. The fourth-order valence-electron chi connectivity index (χ4n) is 4.40. The van der Waals surface area contributed by atoms with Crippen molar-refractivity contribution in [2.75, 3.05) is 10.8 Å². The summed E-state index contributed by atoms with van der Waals surface area (Å²) < 4.78 is 89.3. The molecule has 0 bridgehead atoms. The molecule has 0 saturated heterocycles. The summed E-state index contributed by atoms with van der Waals surface area (Å²) in [6.07, 6.45) is -5.88. The van der Waals surface area contributed by atoms with Gasteiger partial charge in [0, 0.05) is 17.5 Å². The fourth-order valence-corrected chi connectivity index (χ4v) is 5.94. The molecular weight excluding hydrogens is 554 g/mol. The molecule has 3 aromatic rings. The van der Waals surface area contributed by atoms with E-state index in [2.05, 4.69) is 0 Å². The predicted octanol–water partition coefficient (Wildman–Crippen LogP) is 6.17. The predicted molar refractivity (Wildman–Crippen MR) is 138 cm³/mol. The molecule has 1 aliphatic rings. The van der Waals surface area contributed by atoms with Crippen LogP contribution >= 0.6 is 0 Å². The number of Topliss-reactive ketones (excluding diaryl/α,β-unsaturated/α-hetero) is 1. The van der Waals surface area contributed by atoms with Gasteiger partial charge in [0.05, 0.1) is 28.1 Å². The van der Waals surface area contributed by atoms with Crippen LogP contribution in [0.15, 0.2) is 65.6 Å². The number of aliphatic carboxylic acids is 1. The van der Waals surface area contributed by atoms with E-state index >= 15 is 0 Å². The monoisotopic (exact) mass is 579 g/mol. The summed E-state index contributed by atoms with van der Waals surface area (Å²) in [5.41, 5.74) is -2.15. The van der Waals surface area contributed by atoms with Crippen molar-refractivity contribution in [3.8, 4) is 16.9 Å². The molecular formula is C28H25F4NO6S. The summed E-state index contributed by atoms with van der Waals surface area (Å²) in [4.78, 5) is 22.9. The average molecular weight is 580 g/mol. The number of benzene rings is 3. The maximum absolute atomic E-state index is 14.8. The summed E-state index contributed by atoms with van der Waals surface area (Å²) in [6.45, 7) is 3.77. The molecule has 0 unspecified atom stereocenters. The first kappa shape index (κ1) is 29.1. The van der Waals surface area contributed by atoms with Gasteiger partial charge in [-0.25, -0.2) is 12.8 Å². The van der Waals surface area contributed by atoms with Gasteiger partial charge < -0.3 is 9.84 Å². The molecule has 0 fully saturated rings. The standard InChI is InChI=1S/C28H25F4NO6S/c1-16(34)17-7-9-23(29)22(11-17)18-8-10-25-24(12-18)33(15-20(39-25)14-27(2,3)26(35)36)40(37,38)21-6-4-5-19(13-21)28(30,31)32/h4-13,20H,14-15H2,1-3H3,(H,35,36)/t20-/m0/s1. The van der Waals surface area contributed by atoms with Gasteiger partial charge in [0.25, 0.3) is 10.0 Å². The molecule has 0 saturated carbocycles. The van der Waals surface area contributed by atoms with Crippen LogP contribution in [0.5, 0.6) is 5.75 Å². The number of carbonyl (C=O) groups is 2. The Morgan fingerprint density at radius 3 is 2.38 bits per heavy atom. The Morgan fingerprint density at radius 1 is 1.05 bits per heavy atom. The van der Waals surface area contributed by atoms with Gasteiger partial charge in [-0.3, -0.25) is 13.9 Å². The van der Waals surface area contributed by atoms with Crippen molar-refractivity contribution in [2.24, 2.45) is 5.41 Å². The van der Waals surface area contributed by atoms with E-state index in [1.165, 1.54) is 51.1 Å². The lowest BCUT2D eigenvalue weighted by Gasteiger charge is -2.38. The Balaban J connectivity index is 1.87. The van der Waals surface area contributed by atoms with Crippen LogP contribution < -0.4 is 9.04 Å². The van der Waals surface area contributed by atoms with Gasteiger partial charge in [-0.15, -0.1) is 0 Å². The number of hydrogen-bond acceptors (Lipinski definition) is 5. The maximum atomic E-state index is 14.8. The van der Waals surface area contributed by atoms with E-state index in [-0.39, 0.29) is 40.3 Å². The summed E-state index contributed by atoms with van der Waals surface area (Å²) in [5, 5.41) is 9.57. The van der Waals surface area contributed by atoms with E-state index in [0.29, 0.717) is 6.07 Å². The van der Waals surface area contributed by atoms with Gasteiger partial charge in [0.2, 0.25) is 0 Å². The molecule has 1 heterocycles. The molecule has 3 aromatic carbocycles. The van der Waals surface area contributed by atoms with Crippen LogP contribution in [-0.4, -0.2) is 37.9 Å². The second-order valence-corrected chi connectivity index (χ2v) is 12.0. The highest BCUT2D eigenvalue weighted by atomic mass is 32.2. The SMILES string of the molecule is CC(=O)c1ccc(F)c(-c2ccc3c(c2)N(S(=O)(=O)c2cccc(C(F)(F)F)c2)C[C@H](CC(C)(C)C(=O)O)O3)c1. The van der Waals surface area contributed by atoms with Gasteiger partial charge in [0.15, 0.2) is 5.78 Å². The van der Waals surface area contributed by atoms with E-state index in [1.807, 2.05) is 0 Å². The van der Waals surface area contributed by atoms with Crippen LogP contribution in [0.25, 0.3) is 11.1 Å². The van der Waals surface area contributed by atoms with Gasteiger partial charge in [0.1, 0.15) is 17.7 Å². The second-order valence-electron chi connectivity index (χ2n) is 10.1. The molecule has 0 spiro atoms. The average Bonchev–Trinajstić information content (AvgIpc) is 2.87. The first-order chi connectivity index (χ1) is 18.5. The van der Waals surface area contributed by atoms with E-state index in [4.69, 9.17) is 4.74 Å². The van der Waals surface area contributed by atoms with Crippen LogP contribution in [0, 0.1) is 11.2 Å². The highest BCUT2D eigenvalue weighted by molar-refractivity contribution is 7.92. The van der Waals surface area contributed by atoms with Crippen molar-refractivity contribution in [3.05, 3.63) is 77.6 Å². The minimum Gasteiger partial charge on any atom is -0.486 e. The molecule has 0 amide bonds. The molecule has 1 atom stereocenters. The van der Waals surface area contributed by atoms with E-state index in [0.717, 1.165) is 28.6 Å². The number of fused-ring (bicyclic) bond motifs is 1. The fraction of sp³-hybridized carbons (Fsp3) is 0.286. The lowest BCUT2D eigenvalue weighted by molar-refractivity contribution is -0.148. The van der Waals surface area contributed by atoms with Crippen molar-refractivity contribution in [1.29, 1.82) is 0 Å². The van der Waals surface area contributed by atoms with Gasteiger partial charge in [-0.05, 0) is 74.9 Å². The first-order valence-electron chi connectivity index (χ1n) is 12.1. The van der Waals surface area contributed by atoms with E-state index in [9.17, 15) is 40.7 Å². The zero-order valence-corrected chi connectivity index (χ0v) is 22.4. The molecule has 40 heavy (non-hydrogen) atoms. The lowest BCUT2D eigenvalue weighted by atomic mass is 9.86. The zero-order chi connectivity index (χ0) is 29.6. The van der Waals surface area contributed by atoms with E-state index < -0.39 is 56.5 Å². The quantitative estimate of drug-likeness (QED) is 0.265. The number of alkyl halides is 3. The molecule has 1 N–H and O–H groups in total. The Labute approximate surface area is 228 Å². The third-order valence-electron chi connectivity index (χ3n) is 6.64. The number of carboxylic acid groups (broad SMARTS) is 1. The minimum atomic E-state index is -4.80. The number of ether oxygens (including phenoxy) is 1. The molecule has 0 aromatic heterocycles. The van der Waals surface area contributed by atoms with Crippen LogP contribution in [0.3, 0.4) is 0 Å². The number of hydrogen-bond donors (Lipinski definition) is 1. The Morgan fingerprint density at radius 2 is 1.75 bits per heavy atom. The number of carbonyl (C=O) groups excluding carboxylic acids is 1. The molecule has 0 aliphatic carbocycles. The topological polar surface area (TPSA) is 101 Å². The number of sulfonamides is 1. The number of ketones is 1. The second kappa shape index (κ2) is 10.2. The highest BCUT2D eigenvalue weighted by Gasteiger charge is 2.40. The highest BCUT2D eigenvalue weighted by Crippen LogP contribution is 2.42. The normalized spacial score (nSPS) is 15.8. The molecule has 12 heteroatoms. The molecule has 4 rings (SSSR count). The Hall–Kier alpha value is -3.93. The van der Waals surface area contributed by atoms with Crippen molar-refractivity contribution < 1.29 is 45.4 Å². The van der Waals surface area contributed by atoms with Gasteiger partial charge in [-0.1, -0.05) is 12.1 Å². The van der Waals surface area contributed by atoms with Crippen LogP contribution in [0.1, 0.15) is 43.1 Å². The smallest absolute Gasteiger partial charge is 0.416 e. The van der Waals surface area contributed by atoms with Crippen molar-refractivity contribution in [3.63, 3.8) is 0 Å². The van der Waals surface area contributed by atoms with Crippen molar-refractivity contribution in [2.45, 2.75) is 44.4 Å². The number of anilines is 1. The van der Waals surface area contributed by atoms with Crippen LogP contribution in [-0.2, 0) is 21.0 Å². The largest absolute Gasteiger partial charge is 0.486 e. The summed E-state index contributed by atoms with van der Waals surface area (Å²) in [7, 11) is -4.64.